The van der Waals surface area contributed by atoms with Gasteiger partial charge in [-0.15, -0.1) is 0 Å². The lowest BCUT2D eigenvalue weighted by atomic mass is 10.1. The molecule has 0 saturated carbocycles. The second-order valence-electron chi connectivity index (χ2n) is 7.81. The Morgan fingerprint density at radius 3 is 1.46 bits per heavy atom. The highest BCUT2D eigenvalue weighted by atomic mass is 16.4. The minimum Gasteiger partial charge on any atom is -0.481 e. The van der Waals surface area contributed by atoms with E-state index in [-0.39, 0.29) is 50.7 Å². The highest BCUT2D eigenvalue weighted by molar-refractivity contribution is 5.94. The SMILES string of the molecule is NC(N)=NCCCC(NC(=O)C(N)CC(=O)O)C(=O)NC(CCCN=C(N)N)C(=O)NC(CO)C(=O)O. The minimum atomic E-state index is -1.63. The molecule has 0 aromatic carbocycles. The van der Waals surface area contributed by atoms with Gasteiger partial charge in [0.1, 0.15) is 18.1 Å². The Hall–Kier alpha value is -4.19. The third-order valence-electron chi connectivity index (χ3n) is 4.69. The number of carboxylic acid groups (broad SMARTS) is 2. The van der Waals surface area contributed by atoms with Gasteiger partial charge in [0.25, 0.3) is 0 Å². The third-order valence-corrected chi connectivity index (χ3v) is 4.69. The molecule has 4 atom stereocenters. The van der Waals surface area contributed by atoms with Crippen LogP contribution in [0.5, 0.6) is 0 Å². The van der Waals surface area contributed by atoms with Crippen LogP contribution >= 0.6 is 0 Å². The molecule has 0 aliphatic carbocycles. The lowest BCUT2D eigenvalue weighted by molar-refractivity contribution is -0.143. The first-order chi connectivity index (χ1) is 17.3. The van der Waals surface area contributed by atoms with Crippen molar-refractivity contribution >= 4 is 41.6 Å². The van der Waals surface area contributed by atoms with Crippen molar-refractivity contribution in [1.82, 2.24) is 16.0 Å². The summed E-state index contributed by atoms with van der Waals surface area (Å²) in [7, 11) is 0. The summed E-state index contributed by atoms with van der Waals surface area (Å²) in [4.78, 5) is 67.6. The van der Waals surface area contributed by atoms with E-state index in [0.29, 0.717) is 0 Å². The molecule has 16 N–H and O–H groups in total. The van der Waals surface area contributed by atoms with Crippen LogP contribution in [-0.4, -0.2) is 101 Å². The minimum absolute atomic E-state index is 0.0229. The summed E-state index contributed by atoms with van der Waals surface area (Å²) in [6.07, 6.45) is -0.360. The molecule has 0 aliphatic heterocycles. The van der Waals surface area contributed by atoms with Crippen LogP contribution in [0.2, 0.25) is 0 Å². The zero-order valence-corrected chi connectivity index (χ0v) is 20.1. The summed E-state index contributed by atoms with van der Waals surface area (Å²) in [5, 5.41) is 34.0. The standard InChI is InChI=1S/C19H36N10O8/c20-9(7-13(31)32)14(33)27-10(3-1-5-25-18(21)22)15(34)28-11(4-2-6-26-19(23)24)16(35)29-12(8-30)17(36)37/h9-12,30H,1-8,20H2,(H,27,33)(H,28,34)(H,29,35)(H,31,32)(H,36,37)(H4,21,22,25)(H4,23,24,26). The van der Waals surface area contributed by atoms with Crippen molar-refractivity contribution in [3.8, 4) is 0 Å². The van der Waals surface area contributed by atoms with E-state index in [0.717, 1.165) is 0 Å². The molecule has 0 aromatic rings. The van der Waals surface area contributed by atoms with E-state index in [2.05, 4.69) is 25.9 Å². The number of carboxylic acids is 2. The van der Waals surface area contributed by atoms with Gasteiger partial charge in [0.05, 0.1) is 19.1 Å². The molecule has 37 heavy (non-hydrogen) atoms. The largest absolute Gasteiger partial charge is 0.481 e. The fraction of sp³-hybridized carbons (Fsp3) is 0.632. The van der Waals surface area contributed by atoms with Crippen molar-refractivity contribution < 1.29 is 39.3 Å². The summed E-state index contributed by atoms with van der Waals surface area (Å²) in [6, 6.07) is -5.67. The number of aliphatic hydroxyl groups is 1. The number of nitrogens with zero attached hydrogens (tertiary/aromatic N) is 2. The van der Waals surface area contributed by atoms with E-state index in [1.165, 1.54) is 0 Å². The number of rotatable bonds is 18. The summed E-state index contributed by atoms with van der Waals surface area (Å²) in [5.74, 6) is -5.92. The van der Waals surface area contributed by atoms with Gasteiger partial charge in [0.2, 0.25) is 17.7 Å². The maximum absolute atomic E-state index is 13.0. The smallest absolute Gasteiger partial charge is 0.328 e. The quantitative estimate of drug-likeness (QED) is 0.0446. The van der Waals surface area contributed by atoms with E-state index in [1.54, 1.807) is 0 Å². The highest BCUT2D eigenvalue weighted by Crippen LogP contribution is 2.05. The topological polar surface area (TPSA) is 337 Å². The molecule has 3 amide bonds. The fourth-order valence-corrected chi connectivity index (χ4v) is 2.83. The number of carbonyl (C=O) groups is 5. The van der Waals surface area contributed by atoms with Crippen LogP contribution in [0, 0.1) is 0 Å². The van der Waals surface area contributed by atoms with Crippen LogP contribution in [-0.2, 0) is 24.0 Å². The Kier molecular flexibility index (Phi) is 15.3. The van der Waals surface area contributed by atoms with Crippen LogP contribution in [0.4, 0.5) is 0 Å². The molecule has 210 valence electrons. The number of aliphatic hydroxyl groups excluding tert-OH is 1. The second kappa shape index (κ2) is 17.3. The molecule has 18 nitrogen and oxygen atoms in total. The molecule has 0 bridgehead atoms. The van der Waals surface area contributed by atoms with Gasteiger partial charge in [0.15, 0.2) is 11.9 Å². The average Bonchev–Trinajstić information content (AvgIpc) is 2.79. The van der Waals surface area contributed by atoms with Gasteiger partial charge >= 0.3 is 11.9 Å². The number of hydrogen-bond acceptors (Lipinski definition) is 9. The molecule has 18 heteroatoms. The first kappa shape index (κ1) is 32.8. The lowest BCUT2D eigenvalue weighted by Crippen LogP contribution is -2.57. The Labute approximate surface area is 212 Å². The maximum atomic E-state index is 13.0. The Bertz CT molecular complexity index is 858. The molecule has 0 aromatic heterocycles. The molecular formula is C19H36N10O8. The average molecular weight is 533 g/mol. The maximum Gasteiger partial charge on any atom is 0.328 e. The van der Waals surface area contributed by atoms with Gasteiger partial charge in [0, 0.05) is 13.1 Å². The number of nitrogens with two attached hydrogens (primary N) is 5. The number of guanidine groups is 2. The number of aliphatic carboxylic acids is 2. The number of hydrogen-bond donors (Lipinski definition) is 11. The molecular weight excluding hydrogens is 496 g/mol. The molecule has 0 rings (SSSR count). The molecule has 4 unspecified atom stereocenters. The molecule has 0 spiro atoms. The van der Waals surface area contributed by atoms with E-state index < -0.39 is 66.9 Å². The monoisotopic (exact) mass is 532 g/mol. The van der Waals surface area contributed by atoms with E-state index >= 15 is 0 Å². The predicted octanol–water partition coefficient (Wildman–Crippen LogP) is -5.57. The van der Waals surface area contributed by atoms with Crippen LogP contribution in [0.1, 0.15) is 32.1 Å². The van der Waals surface area contributed by atoms with Gasteiger partial charge in [-0.25, -0.2) is 4.79 Å². The van der Waals surface area contributed by atoms with Crippen molar-refractivity contribution in [2.45, 2.75) is 56.3 Å². The van der Waals surface area contributed by atoms with Gasteiger partial charge in [-0.3, -0.25) is 29.2 Å². The number of aliphatic imine (C=N–C) groups is 2. The summed E-state index contributed by atoms with van der Waals surface area (Å²) >= 11 is 0. The molecule has 0 aliphatic rings. The highest BCUT2D eigenvalue weighted by Gasteiger charge is 2.30. The second-order valence-corrected chi connectivity index (χ2v) is 7.81. The van der Waals surface area contributed by atoms with Crippen LogP contribution < -0.4 is 44.6 Å². The predicted molar refractivity (Wildman–Crippen MR) is 131 cm³/mol. The zero-order valence-electron chi connectivity index (χ0n) is 20.1. The molecule has 0 heterocycles. The van der Waals surface area contributed by atoms with E-state index in [4.69, 9.17) is 38.9 Å². The summed E-state index contributed by atoms with van der Waals surface area (Å²) < 4.78 is 0. The summed E-state index contributed by atoms with van der Waals surface area (Å²) in [6.45, 7) is -0.712. The normalized spacial score (nSPS) is 13.7. The van der Waals surface area contributed by atoms with Crippen molar-refractivity contribution in [2.24, 2.45) is 38.7 Å². The first-order valence-electron chi connectivity index (χ1n) is 11.1. The van der Waals surface area contributed by atoms with Crippen molar-refractivity contribution in [3.63, 3.8) is 0 Å². The molecule has 0 saturated heterocycles. The van der Waals surface area contributed by atoms with Crippen molar-refractivity contribution in [3.05, 3.63) is 0 Å². The van der Waals surface area contributed by atoms with Crippen molar-refractivity contribution in [1.29, 1.82) is 0 Å². The van der Waals surface area contributed by atoms with Crippen LogP contribution in [0.25, 0.3) is 0 Å². The lowest BCUT2D eigenvalue weighted by Gasteiger charge is -2.24. The number of amides is 3. The van der Waals surface area contributed by atoms with Crippen LogP contribution in [0.3, 0.4) is 0 Å². The zero-order chi connectivity index (χ0) is 28.5. The van der Waals surface area contributed by atoms with Crippen molar-refractivity contribution in [2.75, 3.05) is 19.7 Å². The summed E-state index contributed by atoms with van der Waals surface area (Å²) in [5.41, 5.74) is 26.6. The Morgan fingerprint density at radius 2 is 1.11 bits per heavy atom. The first-order valence-corrected chi connectivity index (χ1v) is 11.1. The number of nitrogens with one attached hydrogen (secondary N) is 3. The van der Waals surface area contributed by atoms with E-state index in [1.807, 2.05) is 0 Å². The Morgan fingerprint density at radius 1 is 0.703 bits per heavy atom. The number of carbonyl (C=O) groups excluding carboxylic acids is 3. The molecule has 0 radical (unpaired) electrons. The Balaban J connectivity index is 5.66. The van der Waals surface area contributed by atoms with Gasteiger partial charge in [-0.05, 0) is 25.7 Å². The van der Waals surface area contributed by atoms with E-state index in [9.17, 15) is 29.1 Å². The van der Waals surface area contributed by atoms with Gasteiger partial charge in [-0.2, -0.15) is 0 Å². The van der Waals surface area contributed by atoms with Gasteiger partial charge < -0.3 is 59.9 Å². The van der Waals surface area contributed by atoms with Gasteiger partial charge in [-0.1, -0.05) is 0 Å². The molecule has 0 fully saturated rings. The van der Waals surface area contributed by atoms with Crippen LogP contribution in [0.15, 0.2) is 9.98 Å². The fourth-order valence-electron chi connectivity index (χ4n) is 2.83. The third kappa shape index (κ3) is 14.7.